The minimum atomic E-state index is 0.0910. The molecule has 0 amide bonds. The van der Waals surface area contributed by atoms with Crippen molar-refractivity contribution in [2.75, 3.05) is 47.5 Å². The number of methoxy groups -OCH3 is 3. The van der Waals surface area contributed by atoms with Gasteiger partial charge in [-0.15, -0.1) is 0 Å². The second kappa shape index (κ2) is 9.30. The van der Waals surface area contributed by atoms with Crippen LogP contribution in [0.3, 0.4) is 0 Å². The quantitative estimate of drug-likeness (QED) is 0.822. The largest absolute Gasteiger partial charge is 0.496 e. The SMILES string of the molecule is COc1cc(OC)c(C(c2cc(C)cc(C)c2)N2CCCNCC2)cc1OC. The molecule has 0 aliphatic carbocycles. The molecule has 0 spiro atoms. The van der Waals surface area contributed by atoms with Gasteiger partial charge in [0.25, 0.3) is 0 Å². The summed E-state index contributed by atoms with van der Waals surface area (Å²) in [4.78, 5) is 2.54. The molecule has 1 aliphatic rings. The lowest BCUT2D eigenvalue weighted by Crippen LogP contribution is -2.33. The normalized spacial score (nSPS) is 16.3. The summed E-state index contributed by atoms with van der Waals surface area (Å²) in [5.74, 6) is 2.22. The van der Waals surface area contributed by atoms with Crippen LogP contribution in [0, 0.1) is 13.8 Å². The maximum atomic E-state index is 5.79. The van der Waals surface area contributed by atoms with Crippen molar-refractivity contribution in [3.63, 3.8) is 0 Å². The fourth-order valence-electron chi connectivity index (χ4n) is 4.15. The van der Waals surface area contributed by atoms with Crippen LogP contribution in [0.1, 0.15) is 34.7 Å². The molecule has 1 heterocycles. The molecule has 1 atom stereocenters. The summed E-state index contributed by atoms with van der Waals surface area (Å²) in [6.45, 7) is 8.36. The Morgan fingerprint density at radius 2 is 1.43 bits per heavy atom. The van der Waals surface area contributed by atoms with Crippen LogP contribution < -0.4 is 19.5 Å². The minimum Gasteiger partial charge on any atom is -0.496 e. The lowest BCUT2D eigenvalue weighted by atomic mass is 9.93. The van der Waals surface area contributed by atoms with Crippen LogP contribution in [0.4, 0.5) is 0 Å². The van der Waals surface area contributed by atoms with E-state index in [1.54, 1.807) is 21.3 Å². The summed E-state index contributed by atoms with van der Waals surface area (Å²) < 4.78 is 16.9. The van der Waals surface area contributed by atoms with Crippen molar-refractivity contribution in [2.45, 2.75) is 26.3 Å². The molecule has 0 saturated carbocycles. The molecule has 1 aliphatic heterocycles. The van der Waals surface area contributed by atoms with Gasteiger partial charge >= 0.3 is 0 Å². The predicted molar refractivity (Wildman–Crippen MR) is 113 cm³/mol. The van der Waals surface area contributed by atoms with Crippen molar-refractivity contribution >= 4 is 0 Å². The van der Waals surface area contributed by atoms with E-state index < -0.39 is 0 Å². The van der Waals surface area contributed by atoms with Gasteiger partial charge in [0.1, 0.15) is 5.75 Å². The highest BCUT2D eigenvalue weighted by atomic mass is 16.5. The van der Waals surface area contributed by atoms with E-state index in [-0.39, 0.29) is 6.04 Å². The number of benzene rings is 2. The third-order valence-corrected chi connectivity index (χ3v) is 5.33. The van der Waals surface area contributed by atoms with Gasteiger partial charge in [-0.05, 0) is 38.4 Å². The monoisotopic (exact) mass is 384 g/mol. The Balaban J connectivity index is 2.18. The fraction of sp³-hybridized carbons (Fsp3) is 0.478. The molecule has 5 heteroatoms. The second-order valence-electron chi connectivity index (χ2n) is 7.41. The van der Waals surface area contributed by atoms with E-state index in [2.05, 4.69) is 48.3 Å². The highest BCUT2D eigenvalue weighted by molar-refractivity contribution is 5.54. The first-order chi connectivity index (χ1) is 13.6. The number of nitrogens with one attached hydrogen (secondary N) is 1. The van der Waals surface area contributed by atoms with Gasteiger partial charge in [-0.1, -0.05) is 29.3 Å². The molecule has 152 valence electrons. The molecule has 1 saturated heterocycles. The molecule has 1 N–H and O–H groups in total. The molecule has 0 aromatic heterocycles. The third kappa shape index (κ3) is 4.42. The van der Waals surface area contributed by atoms with Gasteiger partial charge in [0, 0.05) is 31.3 Å². The molecule has 0 radical (unpaired) electrons. The molecule has 2 aromatic carbocycles. The summed E-state index contributed by atoms with van der Waals surface area (Å²) in [5.41, 5.74) is 4.93. The Kier molecular flexibility index (Phi) is 6.81. The lowest BCUT2D eigenvalue weighted by molar-refractivity contribution is 0.235. The zero-order chi connectivity index (χ0) is 20.1. The van der Waals surface area contributed by atoms with Gasteiger partial charge in [-0.25, -0.2) is 0 Å². The zero-order valence-corrected chi connectivity index (χ0v) is 17.7. The fourth-order valence-corrected chi connectivity index (χ4v) is 4.15. The summed E-state index contributed by atoms with van der Waals surface area (Å²) >= 11 is 0. The average molecular weight is 385 g/mol. The average Bonchev–Trinajstić information content (AvgIpc) is 2.96. The summed E-state index contributed by atoms with van der Waals surface area (Å²) in [5, 5.41) is 3.51. The lowest BCUT2D eigenvalue weighted by Gasteiger charge is -2.33. The Morgan fingerprint density at radius 1 is 0.786 bits per heavy atom. The van der Waals surface area contributed by atoms with E-state index in [9.17, 15) is 0 Å². The van der Waals surface area contributed by atoms with E-state index in [1.807, 2.05) is 6.07 Å². The van der Waals surface area contributed by atoms with E-state index in [1.165, 1.54) is 16.7 Å². The highest BCUT2D eigenvalue weighted by Gasteiger charge is 2.28. The third-order valence-electron chi connectivity index (χ3n) is 5.33. The minimum absolute atomic E-state index is 0.0910. The van der Waals surface area contributed by atoms with Crippen molar-refractivity contribution in [1.29, 1.82) is 0 Å². The van der Waals surface area contributed by atoms with Crippen molar-refractivity contribution < 1.29 is 14.2 Å². The second-order valence-corrected chi connectivity index (χ2v) is 7.41. The van der Waals surface area contributed by atoms with Crippen LogP contribution in [0.25, 0.3) is 0 Å². The van der Waals surface area contributed by atoms with Crippen molar-refractivity contribution in [1.82, 2.24) is 10.2 Å². The van der Waals surface area contributed by atoms with Crippen molar-refractivity contribution in [2.24, 2.45) is 0 Å². The number of ether oxygens (including phenoxy) is 3. The summed E-state index contributed by atoms with van der Waals surface area (Å²) in [6.07, 6.45) is 1.12. The molecule has 1 unspecified atom stereocenters. The van der Waals surface area contributed by atoms with Gasteiger partial charge in [0.2, 0.25) is 0 Å². The van der Waals surface area contributed by atoms with Crippen LogP contribution >= 0.6 is 0 Å². The van der Waals surface area contributed by atoms with Crippen LogP contribution in [0.2, 0.25) is 0 Å². The molecule has 3 rings (SSSR count). The number of hydrogen-bond donors (Lipinski definition) is 1. The van der Waals surface area contributed by atoms with E-state index in [4.69, 9.17) is 14.2 Å². The van der Waals surface area contributed by atoms with E-state index in [0.29, 0.717) is 5.75 Å². The van der Waals surface area contributed by atoms with Crippen LogP contribution in [0.5, 0.6) is 17.2 Å². The van der Waals surface area contributed by atoms with Gasteiger partial charge in [-0.2, -0.15) is 0 Å². The first-order valence-electron chi connectivity index (χ1n) is 9.90. The molecule has 0 bridgehead atoms. The Hall–Kier alpha value is -2.24. The van der Waals surface area contributed by atoms with Gasteiger partial charge in [-0.3, -0.25) is 4.90 Å². The smallest absolute Gasteiger partial charge is 0.164 e. The van der Waals surface area contributed by atoms with E-state index >= 15 is 0 Å². The molecular weight excluding hydrogens is 352 g/mol. The van der Waals surface area contributed by atoms with Gasteiger partial charge in [0.05, 0.1) is 27.4 Å². The maximum Gasteiger partial charge on any atom is 0.164 e. The van der Waals surface area contributed by atoms with Crippen LogP contribution in [-0.4, -0.2) is 52.4 Å². The van der Waals surface area contributed by atoms with E-state index in [0.717, 1.165) is 49.7 Å². The highest BCUT2D eigenvalue weighted by Crippen LogP contribution is 2.42. The Morgan fingerprint density at radius 3 is 2.07 bits per heavy atom. The Labute approximate surface area is 168 Å². The van der Waals surface area contributed by atoms with Crippen LogP contribution in [0.15, 0.2) is 30.3 Å². The molecule has 28 heavy (non-hydrogen) atoms. The van der Waals surface area contributed by atoms with Crippen molar-refractivity contribution in [3.05, 3.63) is 52.6 Å². The number of aryl methyl sites for hydroxylation is 2. The number of nitrogens with zero attached hydrogens (tertiary/aromatic N) is 1. The number of hydrogen-bond acceptors (Lipinski definition) is 5. The van der Waals surface area contributed by atoms with Crippen molar-refractivity contribution in [3.8, 4) is 17.2 Å². The summed E-state index contributed by atoms with van der Waals surface area (Å²) in [6, 6.07) is 10.9. The summed E-state index contributed by atoms with van der Waals surface area (Å²) in [7, 11) is 5.04. The zero-order valence-electron chi connectivity index (χ0n) is 17.7. The maximum absolute atomic E-state index is 5.79. The standard InChI is InChI=1S/C23H32N2O3/c1-16-11-17(2)13-18(12-16)23(25-9-6-7-24-8-10-25)19-14-21(27-4)22(28-5)15-20(19)26-3/h11-15,23-24H,6-10H2,1-5H3. The van der Waals surface area contributed by atoms with Gasteiger partial charge < -0.3 is 19.5 Å². The first-order valence-corrected chi connectivity index (χ1v) is 9.90. The topological polar surface area (TPSA) is 43.0 Å². The molecule has 2 aromatic rings. The number of rotatable bonds is 6. The molecular formula is C23H32N2O3. The molecule has 5 nitrogen and oxygen atoms in total. The van der Waals surface area contributed by atoms with Gasteiger partial charge in [0.15, 0.2) is 11.5 Å². The predicted octanol–water partition coefficient (Wildman–Crippen LogP) is 3.71. The first kappa shape index (κ1) is 20.5. The Bertz CT molecular complexity index is 778. The van der Waals surface area contributed by atoms with Crippen LogP contribution in [-0.2, 0) is 0 Å². The molecule has 1 fully saturated rings.